The van der Waals surface area contributed by atoms with Crippen molar-refractivity contribution in [3.63, 3.8) is 0 Å². The molecule has 0 bridgehead atoms. The van der Waals surface area contributed by atoms with Gasteiger partial charge in [0.05, 0.1) is 18.1 Å². The molecule has 2 heterocycles. The molecule has 8 heteroatoms. The lowest BCUT2D eigenvalue weighted by Gasteiger charge is -2.26. The quantitative estimate of drug-likeness (QED) is 0.125. The van der Waals surface area contributed by atoms with E-state index < -0.39 is 0 Å². The molecule has 0 saturated carbocycles. The number of rotatable bonds is 13. The maximum absolute atomic E-state index is 6.56. The van der Waals surface area contributed by atoms with E-state index >= 15 is 0 Å². The molecule has 1 saturated heterocycles. The van der Waals surface area contributed by atoms with Crippen molar-refractivity contribution in [3.8, 4) is 33.4 Å². The van der Waals surface area contributed by atoms with Gasteiger partial charge in [-0.1, -0.05) is 72.2 Å². The van der Waals surface area contributed by atoms with Gasteiger partial charge in [-0.3, -0.25) is 4.90 Å². The first-order valence-electron chi connectivity index (χ1n) is 15.6. The zero-order valence-electron chi connectivity index (χ0n) is 26.0. The second-order valence-corrected chi connectivity index (χ2v) is 12.3. The van der Waals surface area contributed by atoms with Crippen LogP contribution in [0.2, 0.25) is 0 Å². The Morgan fingerprint density at radius 3 is 2.22 bits per heavy atom. The maximum atomic E-state index is 6.56. The van der Waals surface area contributed by atoms with Crippen LogP contribution in [0.15, 0.2) is 102 Å². The van der Waals surface area contributed by atoms with Crippen LogP contribution in [0.25, 0.3) is 20.5 Å². The Balaban J connectivity index is 0.00000196. The van der Waals surface area contributed by atoms with Crippen molar-refractivity contribution in [2.45, 2.75) is 20.5 Å². The normalized spacial score (nSPS) is 13.2. The van der Waals surface area contributed by atoms with E-state index in [1.165, 1.54) is 0 Å². The number of fused-ring (bicyclic) bond motifs is 1. The Morgan fingerprint density at radius 2 is 1.47 bits per heavy atom. The van der Waals surface area contributed by atoms with Gasteiger partial charge in [0.25, 0.3) is 0 Å². The summed E-state index contributed by atoms with van der Waals surface area (Å²) >= 11 is 5.26. The minimum absolute atomic E-state index is 0.513. The molecule has 236 valence electrons. The summed E-state index contributed by atoms with van der Waals surface area (Å²) in [5.41, 5.74) is 2.24. The van der Waals surface area contributed by atoms with Crippen LogP contribution in [0.5, 0.6) is 23.0 Å². The van der Waals surface area contributed by atoms with Crippen LogP contribution in [0, 0.1) is 0 Å². The number of benzene rings is 4. The van der Waals surface area contributed by atoms with Gasteiger partial charge in [0, 0.05) is 47.3 Å². The molecule has 0 radical (unpaired) electrons. The maximum Gasteiger partial charge on any atom is 0.153 e. The number of hydrogen-bond acceptors (Lipinski definition) is 7. The molecule has 0 spiro atoms. The fourth-order valence-electron chi connectivity index (χ4n) is 4.95. The zero-order chi connectivity index (χ0) is 31.3. The number of nitrogens with zero attached hydrogens (tertiary/aromatic N) is 1. The molecule has 5 aromatic rings. The van der Waals surface area contributed by atoms with Crippen molar-refractivity contribution in [3.05, 3.63) is 107 Å². The Labute approximate surface area is 279 Å². The van der Waals surface area contributed by atoms with E-state index in [9.17, 15) is 0 Å². The van der Waals surface area contributed by atoms with E-state index in [1.54, 1.807) is 11.3 Å². The molecule has 1 aliphatic heterocycles. The number of piperazine rings is 1. The summed E-state index contributed by atoms with van der Waals surface area (Å²) in [7, 11) is 0. The summed E-state index contributed by atoms with van der Waals surface area (Å²) in [5, 5.41) is 4.42. The molecule has 1 aliphatic rings. The Bertz CT molecular complexity index is 1590. The molecule has 0 amide bonds. The molecule has 6 nitrogen and oxygen atoms in total. The number of nitrogens with one attached hydrogen (secondary N) is 1. The highest BCUT2D eigenvalue weighted by molar-refractivity contribution is 9.10. The van der Waals surface area contributed by atoms with Crippen LogP contribution in [-0.2, 0) is 11.3 Å². The third-order valence-corrected chi connectivity index (χ3v) is 8.98. The number of ether oxygens (including phenoxy) is 4. The molecule has 0 unspecified atom stereocenters. The summed E-state index contributed by atoms with van der Waals surface area (Å²) < 4.78 is 26.5. The number of hydrogen-bond donors (Lipinski definition) is 1. The Kier molecular flexibility index (Phi) is 12.7. The first-order valence-corrected chi connectivity index (χ1v) is 17.2. The van der Waals surface area contributed by atoms with E-state index in [4.69, 9.17) is 18.9 Å². The highest BCUT2D eigenvalue weighted by Gasteiger charge is 2.17. The van der Waals surface area contributed by atoms with Crippen molar-refractivity contribution in [1.82, 2.24) is 10.2 Å². The highest BCUT2D eigenvalue weighted by atomic mass is 79.9. The van der Waals surface area contributed by atoms with Crippen LogP contribution in [0.3, 0.4) is 0 Å². The van der Waals surface area contributed by atoms with Gasteiger partial charge >= 0.3 is 0 Å². The van der Waals surface area contributed by atoms with Gasteiger partial charge in [0.15, 0.2) is 5.75 Å². The fraction of sp³-hybridized carbons (Fsp3) is 0.297. The summed E-state index contributed by atoms with van der Waals surface area (Å²) in [5.74, 6) is 3.22. The first-order chi connectivity index (χ1) is 22.2. The second-order valence-electron chi connectivity index (χ2n) is 10.3. The molecule has 1 aromatic heterocycles. The van der Waals surface area contributed by atoms with Crippen LogP contribution < -0.4 is 19.5 Å². The van der Waals surface area contributed by atoms with Gasteiger partial charge in [-0.25, -0.2) is 0 Å². The van der Waals surface area contributed by atoms with Crippen molar-refractivity contribution < 1.29 is 18.9 Å². The molecular formula is C37H41BrN2O4S. The predicted octanol–water partition coefficient (Wildman–Crippen LogP) is 9.03. The monoisotopic (exact) mass is 688 g/mol. The van der Waals surface area contributed by atoms with Crippen LogP contribution in [0.1, 0.15) is 19.4 Å². The van der Waals surface area contributed by atoms with Crippen LogP contribution >= 0.6 is 27.3 Å². The van der Waals surface area contributed by atoms with E-state index in [-0.39, 0.29) is 0 Å². The van der Waals surface area contributed by atoms with Gasteiger partial charge in [-0.05, 0) is 65.7 Å². The average Bonchev–Trinajstić information content (AvgIpc) is 3.45. The molecule has 0 aliphatic carbocycles. The Morgan fingerprint density at radius 1 is 0.756 bits per heavy atom. The van der Waals surface area contributed by atoms with Crippen molar-refractivity contribution in [2.24, 2.45) is 0 Å². The molecule has 1 fully saturated rings. The zero-order valence-corrected chi connectivity index (χ0v) is 28.4. The number of thiophene rings is 1. The lowest BCUT2D eigenvalue weighted by atomic mass is 10.1. The van der Waals surface area contributed by atoms with E-state index in [0.717, 1.165) is 92.9 Å². The lowest BCUT2D eigenvalue weighted by Crippen LogP contribution is -2.44. The Hall–Kier alpha value is -3.40. The summed E-state index contributed by atoms with van der Waals surface area (Å²) in [6, 6.07) is 32.5. The second kappa shape index (κ2) is 17.3. The van der Waals surface area contributed by atoms with Crippen LogP contribution in [0.4, 0.5) is 0 Å². The average molecular weight is 690 g/mol. The van der Waals surface area contributed by atoms with Crippen molar-refractivity contribution in [2.75, 3.05) is 52.5 Å². The largest absolute Gasteiger partial charge is 0.491 e. The van der Waals surface area contributed by atoms with Gasteiger partial charge in [0.2, 0.25) is 0 Å². The third kappa shape index (κ3) is 9.55. The standard InChI is InChI=1S/C35H35BrN2O4S.C2H6/c36-28-8-6-27(7-9-28)35-34(32-15-14-31(24-33(32)43-35)41-25-26-4-2-1-3-5-26)42-30-12-10-29(11-13-30)40-23-22-39-21-20-38-18-16-37-17-19-38;1-2/h1-15,24,37H,16-23,25H2;1-2H3. The third-order valence-electron chi connectivity index (χ3n) is 7.27. The molecule has 4 aromatic carbocycles. The molecule has 0 atom stereocenters. The fourth-order valence-corrected chi connectivity index (χ4v) is 6.38. The summed E-state index contributed by atoms with van der Waals surface area (Å²) in [6.07, 6.45) is 0. The SMILES string of the molecule is Brc1ccc(-c2sc3cc(OCc4ccccc4)ccc3c2Oc2ccc(OCCOCCN3CCNCC3)cc2)cc1.CC. The van der Waals surface area contributed by atoms with Gasteiger partial charge < -0.3 is 24.3 Å². The van der Waals surface area contributed by atoms with E-state index in [0.29, 0.717) is 19.8 Å². The number of halogens is 1. The van der Waals surface area contributed by atoms with Gasteiger partial charge in [-0.2, -0.15) is 0 Å². The summed E-state index contributed by atoms with van der Waals surface area (Å²) in [4.78, 5) is 3.49. The van der Waals surface area contributed by atoms with Gasteiger partial charge in [0.1, 0.15) is 30.5 Å². The first kappa shape index (κ1) is 33.0. The minimum atomic E-state index is 0.513. The van der Waals surface area contributed by atoms with Crippen molar-refractivity contribution in [1.29, 1.82) is 0 Å². The molecule has 45 heavy (non-hydrogen) atoms. The van der Waals surface area contributed by atoms with Gasteiger partial charge in [-0.15, -0.1) is 11.3 Å². The van der Waals surface area contributed by atoms with Crippen molar-refractivity contribution >= 4 is 37.4 Å². The topological polar surface area (TPSA) is 52.2 Å². The summed E-state index contributed by atoms with van der Waals surface area (Å²) in [6.45, 7) is 11.6. The van der Waals surface area contributed by atoms with Crippen LogP contribution in [-0.4, -0.2) is 57.4 Å². The lowest BCUT2D eigenvalue weighted by molar-refractivity contribution is 0.0767. The molecule has 6 rings (SSSR count). The van der Waals surface area contributed by atoms with E-state index in [2.05, 4.69) is 74.7 Å². The van der Waals surface area contributed by atoms with E-state index in [1.807, 2.05) is 62.4 Å². The minimum Gasteiger partial charge on any atom is -0.491 e. The predicted molar refractivity (Wildman–Crippen MR) is 189 cm³/mol. The molecule has 1 N–H and O–H groups in total. The smallest absolute Gasteiger partial charge is 0.153 e. The highest BCUT2D eigenvalue weighted by Crippen LogP contribution is 2.47. The molecular weight excluding hydrogens is 648 g/mol.